The van der Waals surface area contributed by atoms with Crippen molar-refractivity contribution in [3.05, 3.63) is 28.8 Å². The number of phenolic OH excluding ortho intramolecular Hbond substituents is 1. The van der Waals surface area contributed by atoms with Crippen molar-refractivity contribution >= 4 is 6.29 Å². The van der Waals surface area contributed by atoms with Crippen LogP contribution in [0.5, 0.6) is 5.75 Å². The second-order valence-electron chi connectivity index (χ2n) is 4.40. The molecule has 76 valence electrons. The highest BCUT2D eigenvalue weighted by Gasteiger charge is 2.19. The molecular weight excluding hydrogens is 176 g/mol. The fourth-order valence-electron chi connectivity index (χ4n) is 1.45. The van der Waals surface area contributed by atoms with Gasteiger partial charge in [0.15, 0.2) is 6.29 Å². The summed E-state index contributed by atoms with van der Waals surface area (Å²) in [5, 5.41) is 9.78. The zero-order valence-electron chi connectivity index (χ0n) is 9.79. The van der Waals surface area contributed by atoms with Crippen LogP contribution in [0.15, 0.2) is 12.1 Å². The van der Waals surface area contributed by atoms with E-state index >= 15 is 0 Å². The first-order valence-electron chi connectivity index (χ1n) is 5.22. The summed E-state index contributed by atoms with van der Waals surface area (Å²) in [5.41, 5.74) is 1.59. The molecule has 0 heterocycles. The maximum Gasteiger partial charge on any atom is 0.153 e. The fraction of sp³-hybridized carbons (Fsp3) is 0.417. The van der Waals surface area contributed by atoms with Crippen LogP contribution >= 0.6 is 0 Å². The van der Waals surface area contributed by atoms with Crippen molar-refractivity contribution in [2.24, 2.45) is 0 Å². The van der Waals surface area contributed by atoms with Crippen molar-refractivity contribution < 1.29 is 11.3 Å². The molecule has 1 rings (SSSR count). The van der Waals surface area contributed by atoms with Gasteiger partial charge < -0.3 is 5.11 Å². The van der Waals surface area contributed by atoms with Crippen LogP contribution in [0.2, 0.25) is 0 Å². The number of hydrogen-bond acceptors (Lipinski definition) is 2. The maximum atomic E-state index is 10.6. The molecule has 0 aliphatic carbocycles. The monoisotopic (exact) mass is 193 g/mol. The van der Waals surface area contributed by atoms with Crippen LogP contribution in [0.1, 0.15) is 43.6 Å². The minimum absolute atomic E-state index is 0.0138. The summed E-state index contributed by atoms with van der Waals surface area (Å²) >= 11 is 0. The van der Waals surface area contributed by atoms with Gasteiger partial charge in [-0.25, -0.2) is 0 Å². The summed E-state index contributed by atoms with van der Waals surface area (Å²) in [6.45, 7) is 6.03. The van der Waals surface area contributed by atoms with Gasteiger partial charge in [0, 0.05) is 1.37 Å². The molecule has 0 aliphatic heterocycles. The molecule has 0 aliphatic rings. The van der Waals surface area contributed by atoms with Crippen molar-refractivity contribution in [3.63, 3.8) is 0 Å². The van der Waals surface area contributed by atoms with Crippen LogP contribution in [0.25, 0.3) is 0 Å². The number of carbonyl (C=O) groups excluding carboxylic acids is 1. The second kappa shape index (κ2) is 3.45. The molecule has 1 N–H and O–H groups in total. The summed E-state index contributed by atoms with van der Waals surface area (Å²) in [5.74, 6) is -0.0487. The molecule has 1 aromatic rings. The molecule has 0 unspecified atom stereocenters. The standard InChI is InChI=1S/C12H16O2/c1-8-10(12(2,3)4)6-5-9(7-13)11(8)14/h5-7,14H,1-4H3/i1D. The van der Waals surface area contributed by atoms with E-state index in [0.29, 0.717) is 11.8 Å². The molecule has 0 bridgehead atoms. The van der Waals surface area contributed by atoms with Gasteiger partial charge >= 0.3 is 0 Å². The van der Waals surface area contributed by atoms with Crippen LogP contribution in [0.4, 0.5) is 0 Å². The molecule has 0 saturated heterocycles. The number of aldehydes is 1. The number of rotatable bonds is 1. The smallest absolute Gasteiger partial charge is 0.153 e. The number of benzene rings is 1. The van der Waals surface area contributed by atoms with Crippen molar-refractivity contribution in [1.82, 2.24) is 0 Å². The van der Waals surface area contributed by atoms with Crippen LogP contribution in [-0.4, -0.2) is 11.4 Å². The van der Waals surface area contributed by atoms with Gasteiger partial charge in [0.2, 0.25) is 0 Å². The molecule has 14 heavy (non-hydrogen) atoms. The molecule has 0 aromatic heterocycles. The van der Waals surface area contributed by atoms with E-state index < -0.39 is 0 Å². The van der Waals surface area contributed by atoms with E-state index in [9.17, 15) is 9.90 Å². The second-order valence-corrected chi connectivity index (χ2v) is 4.40. The molecule has 0 amide bonds. The SMILES string of the molecule is [2H]Cc1c(C(C)(C)C)ccc(C=O)c1O. The van der Waals surface area contributed by atoms with Crippen LogP contribution < -0.4 is 0 Å². The highest BCUT2D eigenvalue weighted by molar-refractivity contribution is 5.80. The summed E-state index contributed by atoms with van der Waals surface area (Å²) in [4.78, 5) is 10.6. The van der Waals surface area contributed by atoms with E-state index in [0.717, 1.165) is 5.56 Å². The third-order valence-electron chi connectivity index (χ3n) is 2.25. The third-order valence-corrected chi connectivity index (χ3v) is 2.25. The van der Waals surface area contributed by atoms with Crippen LogP contribution in [0, 0.1) is 6.90 Å². The predicted molar refractivity (Wildman–Crippen MR) is 56.9 cm³/mol. The Morgan fingerprint density at radius 3 is 2.50 bits per heavy atom. The van der Waals surface area contributed by atoms with Gasteiger partial charge in [0.05, 0.1) is 5.56 Å². The van der Waals surface area contributed by atoms with Crippen molar-refractivity contribution in [2.75, 3.05) is 0 Å². The summed E-state index contributed by atoms with van der Waals surface area (Å²) in [6, 6.07) is 3.41. The average molecular weight is 193 g/mol. The number of aromatic hydroxyl groups is 1. The Balaban J connectivity index is 3.44. The maximum absolute atomic E-state index is 10.6. The zero-order chi connectivity index (χ0) is 11.6. The number of carbonyl (C=O) groups is 1. The van der Waals surface area contributed by atoms with Crippen molar-refractivity contribution in [3.8, 4) is 5.75 Å². The van der Waals surface area contributed by atoms with Gasteiger partial charge in [-0.05, 0) is 29.5 Å². The van der Waals surface area contributed by atoms with E-state index in [4.69, 9.17) is 1.37 Å². The Morgan fingerprint density at radius 1 is 1.43 bits per heavy atom. The quantitative estimate of drug-likeness (QED) is 0.696. The molecule has 2 nitrogen and oxygen atoms in total. The first-order valence-corrected chi connectivity index (χ1v) is 4.51. The Hall–Kier alpha value is -1.31. The molecule has 2 heteroatoms. The van der Waals surface area contributed by atoms with Crippen molar-refractivity contribution in [1.29, 1.82) is 0 Å². The largest absolute Gasteiger partial charge is 0.507 e. The first-order chi connectivity index (χ1) is 6.91. The number of hydrogen-bond donors (Lipinski definition) is 1. The summed E-state index contributed by atoms with van der Waals surface area (Å²) in [6.07, 6.45) is 0.612. The Bertz CT molecular complexity index is 378. The van der Waals surface area contributed by atoms with Gasteiger partial charge in [-0.15, -0.1) is 0 Å². The molecule has 0 spiro atoms. The van der Waals surface area contributed by atoms with Gasteiger partial charge in [-0.1, -0.05) is 26.8 Å². The molecule has 0 atom stereocenters. The minimum atomic E-state index is -0.130. The Morgan fingerprint density at radius 2 is 2.07 bits per heavy atom. The van der Waals surface area contributed by atoms with Gasteiger partial charge in [-0.3, -0.25) is 4.79 Å². The van der Waals surface area contributed by atoms with E-state index in [1.807, 2.05) is 26.8 Å². The van der Waals surface area contributed by atoms with Crippen molar-refractivity contribution in [2.45, 2.75) is 33.1 Å². The van der Waals surface area contributed by atoms with Crippen LogP contribution in [0.3, 0.4) is 0 Å². The predicted octanol–water partition coefficient (Wildman–Crippen LogP) is 2.81. The number of phenols is 1. The minimum Gasteiger partial charge on any atom is -0.507 e. The molecule has 0 radical (unpaired) electrons. The molecule has 0 saturated carbocycles. The van der Waals surface area contributed by atoms with Gasteiger partial charge in [0.1, 0.15) is 5.75 Å². The Labute approximate surface area is 86.0 Å². The highest BCUT2D eigenvalue weighted by Crippen LogP contribution is 2.32. The first kappa shape index (κ1) is 9.25. The lowest BCUT2D eigenvalue weighted by Crippen LogP contribution is -2.13. The molecule has 0 fully saturated rings. The molecular formula is C12H16O2. The normalized spacial score (nSPS) is 12.4. The van der Waals surface area contributed by atoms with Crippen LogP contribution in [-0.2, 0) is 5.41 Å². The van der Waals surface area contributed by atoms with E-state index in [2.05, 4.69) is 0 Å². The highest BCUT2D eigenvalue weighted by atomic mass is 16.3. The zero-order valence-corrected chi connectivity index (χ0v) is 8.79. The Kier molecular flexibility index (Phi) is 2.28. The lowest BCUT2D eigenvalue weighted by Gasteiger charge is -2.22. The van der Waals surface area contributed by atoms with E-state index in [-0.39, 0.29) is 23.6 Å². The average Bonchev–Trinajstić information content (AvgIpc) is 2.15. The fourth-order valence-corrected chi connectivity index (χ4v) is 1.45. The third kappa shape index (κ3) is 1.79. The van der Waals surface area contributed by atoms with E-state index in [1.54, 1.807) is 6.07 Å². The van der Waals surface area contributed by atoms with Gasteiger partial charge in [0.25, 0.3) is 0 Å². The summed E-state index contributed by atoms with van der Waals surface area (Å²) in [7, 11) is 0. The molecule has 1 aromatic carbocycles. The topological polar surface area (TPSA) is 37.3 Å². The lowest BCUT2D eigenvalue weighted by molar-refractivity contribution is 0.112. The van der Waals surface area contributed by atoms with Gasteiger partial charge in [-0.2, -0.15) is 0 Å². The summed E-state index contributed by atoms with van der Waals surface area (Å²) < 4.78 is 7.40. The van der Waals surface area contributed by atoms with E-state index in [1.165, 1.54) is 0 Å². The lowest BCUT2D eigenvalue weighted by atomic mass is 9.83.